The van der Waals surface area contributed by atoms with Crippen LogP contribution in [0.5, 0.6) is 0 Å². The summed E-state index contributed by atoms with van der Waals surface area (Å²) in [5.41, 5.74) is 2.64. The van der Waals surface area contributed by atoms with Crippen LogP contribution in [0, 0.1) is 0 Å². The number of nitrogens with one attached hydrogen (secondary N) is 1. The van der Waals surface area contributed by atoms with Gasteiger partial charge in [-0.3, -0.25) is 4.90 Å². The number of morpholine rings is 1. The first-order valence-electron chi connectivity index (χ1n) is 10.3. The van der Waals surface area contributed by atoms with Gasteiger partial charge in [-0.2, -0.15) is 0 Å². The summed E-state index contributed by atoms with van der Waals surface area (Å²) in [6.07, 6.45) is 7.92. The van der Waals surface area contributed by atoms with Gasteiger partial charge in [0.05, 0.1) is 18.7 Å². The van der Waals surface area contributed by atoms with Crippen LogP contribution in [-0.4, -0.2) is 49.3 Å². The number of para-hydroxylation sites is 1. The van der Waals surface area contributed by atoms with Crippen molar-refractivity contribution < 1.29 is 4.74 Å². The van der Waals surface area contributed by atoms with Gasteiger partial charge >= 0.3 is 0 Å². The molecule has 2 aliphatic rings. The maximum atomic E-state index is 5.42. The zero-order valence-electron chi connectivity index (χ0n) is 16.6. The first-order chi connectivity index (χ1) is 12.9. The van der Waals surface area contributed by atoms with Gasteiger partial charge in [0, 0.05) is 25.0 Å². The maximum absolute atomic E-state index is 5.42. The summed E-state index contributed by atoms with van der Waals surface area (Å²) >= 11 is 0. The molecule has 1 saturated heterocycles. The summed E-state index contributed by atoms with van der Waals surface area (Å²) in [7, 11) is 0. The molecule has 6 heteroatoms. The van der Waals surface area contributed by atoms with Crippen LogP contribution in [0.15, 0.2) is 30.3 Å². The summed E-state index contributed by atoms with van der Waals surface area (Å²) in [5, 5.41) is 4.93. The number of halogens is 2. The Morgan fingerprint density at radius 3 is 2.57 bits per heavy atom. The molecule has 0 radical (unpaired) electrons. The highest BCUT2D eigenvalue weighted by atomic mass is 35.5. The third kappa shape index (κ3) is 5.96. The van der Waals surface area contributed by atoms with E-state index in [2.05, 4.69) is 40.5 Å². The lowest BCUT2D eigenvalue weighted by Gasteiger charge is -2.26. The molecule has 1 N–H and O–H groups in total. The average molecular weight is 426 g/mol. The second kappa shape index (κ2) is 11.8. The van der Waals surface area contributed by atoms with Crippen molar-refractivity contribution >= 4 is 41.5 Å². The number of fused-ring (bicyclic) bond motifs is 1. The number of nitrogens with zero attached hydrogens (tertiary/aromatic N) is 2. The molecule has 1 saturated carbocycles. The lowest BCUT2D eigenvalue weighted by molar-refractivity contribution is 0.0378. The van der Waals surface area contributed by atoms with Crippen molar-refractivity contribution in [3.8, 4) is 0 Å². The lowest BCUT2D eigenvalue weighted by atomic mass is 9.83. The first kappa shape index (κ1) is 23.2. The van der Waals surface area contributed by atoms with Gasteiger partial charge in [-0.15, -0.1) is 24.8 Å². The van der Waals surface area contributed by atoms with Crippen LogP contribution in [0.2, 0.25) is 0 Å². The molecule has 2 heterocycles. The van der Waals surface area contributed by atoms with E-state index in [9.17, 15) is 0 Å². The van der Waals surface area contributed by atoms with Crippen molar-refractivity contribution in [3.63, 3.8) is 0 Å². The van der Waals surface area contributed by atoms with E-state index in [1.165, 1.54) is 43.1 Å². The van der Waals surface area contributed by atoms with Crippen LogP contribution in [0.25, 0.3) is 10.9 Å². The standard InChI is InChI=1S/C22H31N3O.2ClH/c1-2-7-18(8-3-1)20-17-22(24-21-10-5-4-9-19(20)21)23-11-6-12-25-13-15-26-16-14-25;;/h4-5,9-10,17-18H,1-3,6-8,11-16H2,(H,23,24);2*1H. The fourth-order valence-corrected chi connectivity index (χ4v) is 4.39. The summed E-state index contributed by atoms with van der Waals surface area (Å²) in [4.78, 5) is 7.36. The molecular formula is C22H33Cl2N3O. The quantitative estimate of drug-likeness (QED) is 0.640. The van der Waals surface area contributed by atoms with Gasteiger partial charge in [0.25, 0.3) is 0 Å². The fourth-order valence-electron chi connectivity index (χ4n) is 4.39. The van der Waals surface area contributed by atoms with Crippen molar-refractivity contribution in [2.75, 3.05) is 44.7 Å². The van der Waals surface area contributed by atoms with Crippen molar-refractivity contribution in [1.82, 2.24) is 9.88 Å². The minimum Gasteiger partial charge on any atom is -0.379 e. The van der Waals surface area contributed by atoms with Gasteiger partial charge in [0.15, 0.2) is 0 Å². The monoisotopic (exact) mass is 425 g/mol. The Hall–Kier alpha value is -1.07. The number of aromatic nitrogens is 1. The molecule has 0 atom stereocenters. The van der Waals surface area contributed by atoms with E-state index in [0.717, 1.165) is 57.1 Å². The third-order valence-electron chi connectivity index (χ3n) is 5.85. The molecule has 0 spiro atoms. The van der Waals surface area contributed by atoms with Gasteiger partial charge in [0.1, 0.15) is 5.82 Å². The predicted molar refractivity (Wildman–Crippen MR) is 122 cm³/mol. The zero-order chi connectivity index (χ0) is 17.6. The van der Waals surface area contributed by atoms with E-state index < -0.39 is 0 Å². The second-order valence-corrected chi connectivity index (χ2v) is 7.68. The van der Waals surface area contributed by atoms with Crippen LogP contribution < -0.4 is 5.32 Å². The van der Waals surface area contributed by atoms with Crippen LogP contribution in [-0.2, 0) is 4.74 Å². The topological polar surface area (TPSA) is 37.4 Å². The largest absolute Gasteiger partial charge is 0.379 e. The van der Waals surface area contributed by atoms with Gasteiger partial charge in [-0.25, -0.2) is 4.98 Å². The molecule has 2 fully saturated rings. The number of anilines is 1. The number of ether oxygens (including phenoxy) is 1. The fraction of sp³-hybridized carbons (Fsp3) is 0.591. The summed E-state index contributed by atoms with van der Waals surface area (Å²) < 4.78 is 5.42. The maximum Gasteiger partial charge on any atom is 0.126 e. The number of benzene rings is 1. The highest BCUT2D eigenvalue weighted by Crippen LogP contribution is 2.37. The molecule has 0 bridgehead atoms. The summed E-state index contributed by atoms with van der Waals surface area (Å²) in [5.74, 6) is 1.75. The average Bonchev–Trinajstić information content (AvgIpc) is 2.72. The Labute approximate surface area is 181 Å². The summed E-state index contributed by atoms with van der Waals surface area (Å²) in [6.45, 7) is 6.02. The van der Waals surface area contributed by atoms with Crippen molar-refractivity contribution in [2.45, 2.75) is 44.4 Å². The number of hydrogen-bond donors (Lipinski definition) is 1. The molecule has 1 aromatic carbocycles. The SMILES string of the molecule is Cl.Cl.c1ccc2c(C3CCCCC3)cc(NCCCN3CCOCC3)nc2c1. The van der Waals surface area contributed by atoms with E-state index in [1.807, 2.05) is 0 Å². The van der Waals surface area contributed by atoms with E-state index in [-0.39, 0.29) is 24.8 Å². The second-order valence-electron chi connectivity index (χ2n) is 7.68. The molecule has 1 aliphatic heterocycles. The smallest absolute Gasteiger partial charge is 0.126 e. The van der Waals surface area contributed by atoms with Crippen LogP contribution in [0.3, 0.4) is 0 Å². The Morgan fingerprint density at radius 1 is 1.04 bits per heavy atom. The van der Waals surface area contributed by atoms with Crippen LogP contribution >= 0.6 is 24.8 Å². The molecule has 1 aliphatic carbocycles. The number of pyridine rings is 1. The lowest BCUT2D eigenvalue weighted by Crippen LogP contribution is -2.37. The Morgan fingerprint density at radius 2 is 1.79 bits per heavy atom. The molecule has 1 aromatic heterocycles. The minimum atomic E-state index is 0. The molecular weight excluding hydrogens is 393 g/mol. The van der Waals surface area contributed by atoms with Crippen LogP contribution in [0.4, 0.5) is 5.82 Å². The molecule has 4 rings (SSSR count). The summed E-state index contributed by atoms with van der Waals surface area (Å²) in [6, 6.07) is 11.0. The predicted octanol–water partition coefficient (Wildman–Crippen LogP) is 5.26. The Kier molecular flexibility index (Phi) is 9.80. The number of rotatable bonds is 6. The molecule has 0 unspecified atom stereocenters. The minimum absolute atomic E-state index is 0. The zero-order valence-corrected chi connectivity index (χ0v) is 18.2. The van der Waals surface area contributed by atoms with Gasteiger partial charge in [-0.05, 0) is 49.4 Å². The highest BCUT2D eigenvalue weighted by molar-refractivity contribution is 5.86. The molecule has 0 amide bonds. The van der Waals surface area contributed by atoms with Gasteiger partial charge < -0.3 is 10.1 Å². The molecule has 156 valence electrons. The Balaban J connectivity index is 0.00000140. The molecule has 2 aromatic rings. The van der Waals surface area contributed by atoms with E-state index >= 15 is 0 Å². The van der Waals surface area contributed by atoms with E-state index in [4.69, 9.17) is 9.72 Å². The highest BCUT2D eigenvalue weighted by Gasteiger charge is 2.19. The number of hydrogen-bond acceptors (Lipinski definition) is 4. The molecule has 4 nitrogen and oxygen atoms in total. The van der Waals surface area contributed by atoms with Crippen LogP contribution in [0.1, 0.15) is 50.0 Å². The van der Waals surface area contributed by atoms with Gasteiger partial charge in [0.2, 0.25) is 0 Å². The third-order valence-corrected chi connectivity index (χ3v) is 5.85. The first-order valence-corrected chi connectivity index (χ1v) is 10.3. The van der Waals surface area contributed by atoms with E-state index in [0.29, 0.717) is 5.92 Å². The normalized spacial score (nSPS) is 18.3. The van der Waals surface area contributed by atoms with Gasteiger partial charge in [-0.1, -0.05) is 37.5 Å². The van der Waals surface area contributed by atoms with Crippen molar-refractivity contribution in [1.29, 1.82) is 0 Å². The molecule has 28 heavy (non-hydrogen) atoms. The van der Waals surface area contributed by atoms with E-state index in [1.54, 1.807) is 0 Å². The van der Waals surface area contributed by atoms with Crippen molar-refractivity contribution in [3.05, 3.63) is 35.9 Å². The Bertz CT molecular complexity index is 716. The van der Waals surface area contributed by atoms with Crippen molar-refractivity contribution in [2.24, 2.45) is 0 Å².